The molecular weight excluding hydrogens is 735 g/mol. The smallest absolute Gasteiger partial charge is 0.407 e. The quantitative estimate of drug-likeness (QED) is 0.0984. The molecule has 3 atom stereocenters. The number of alkyl carbamates (subject to hydrolysis) is 1. The van der Waals surface area contributed by atoms with E-state index in [1.165, 1.54) is 11.3 Å². The Morgan fingerprint density at radius 1 is 0.945 bits per heavy atom. The van der Waals surface area contributed by atoms with Crippen LogP contribution in [0.25, 0.3) is 5.57 Å². The number of hydrogen-bond acceptors (Lipinski definition) is 10. The third-order valence-corrected chi connectivity index (χ3v) is 11.4. The average molecular weight is 788 g/mol. The minimum Gasteiger partial charge on any atom is -0.444 e. The molecule has 0 radical (unpaired) electrons. The third-order valence-electron chi connectivity index (χ3n) is 9.42. The molecule has 1 aliphatic heterocycles. The SMILES string of the molecule is C=C(c1ccccc1)[C@@H](CC[C@H](Cc1ccccc1)NC(=O)OCc1cncs1)NC(=O)[C@H](CCN1CCOCC1)NC(=O)N(C)Cc1csc(C(C)C)n1. The normalized spacial score (nSPS) is 14.8. The second-order valence-electron chi connectivity index (χ2n) is 14.0. The zero-order chi connectivity index (χ0) is 39.0. The Kier molecular flexibility index (Phi) is 16.2. The maximum Gasteiger partial charge on any atom is 0.407 e. The highest BCUT2D eigenvalue weighted by Gasteiger charge is 2.28. The highest BCUT2D eigenvalue weighted by Crippen LogP contribution is 2.23. The number of ether oxygens (including phenoxy) is 2. The summed E-state index contributed by atoms with van der Waals surface area (Å²) in [7, 11) is 1.71. The van der Waals surface area contributed by atoms with E-state index in [0.717, 1.165) is 45.4 Å². The Balaban J connectivity index is 1.31. The number of benzene rings is 2. The lowest BCUT2D eigenvalue weighted by Gasteiger charge is -2.30. The second kappa shape index (κ2) is 21.5. The summed E-state index contributed by atoms with van der Waals surface area (Å²) in [6.07, 6.45) is 3.12. The number of urea groups is 1. The standard InChI is InChI=1S/C41H53N7O5S2/c1-29(2)39-43-34(27-54-39)25-47(4)40(50)46-37(17-18-48-19-21-52-22-20-48)38(49)45-36(30(3)32-13-9-6-10-14-32)16-15-33(23-31-11-7-5-8-12-31)44-41(51)53-26-35-24-42-28-55-35/h5-14,24,27-29,33,36-37H,3,15-23,25-26H2,1-2,4H3,(H,44,51)(H,45,49)(H,46,50)/t33-,36-,37+/m1/s1. The summed E-state index contributed by atoms with van der Waals surface area (Å²) in [5, 5.41) is 12.3. The molecule has 55 heavy (non-hydrogen) atoms. The van der Waals surface area contributed by atoms with Crippen molar-refractivity contribution in [2.45, 2.75) is 76.7 Å². The van der Waals surface area contributed by atoms with E-state index in [4.69, 9.17) is 9.47 Å². The molecule has 1 saturated heterocycles. The first-order chi connectivity index (χ1) is 26.6. The van der Waals surface area contributed by atoms with E-state index in [1.807, 2.05) is 66.0 Å². The van der Waals surface area contributed by atoms with Crippen LogP contribution in [0.15, 0.2) is 84.3 Å². The Bertz CT molecular complexity index is 1780. The number of aromatic nitrogens is 2. The van der Waals surface area contributed by atoms with Crippen molar-refractivity contribution in [3.63, 3.8) is 0 Å². The fraction of sp³-hybridized carbons (Fsp3) is 0.439. The predicted molar refractivity (Wildman–Crippen MR) is 218 cm³/mol. The minimum atomic E-state index is -0.814. The summed E-state index contributed by atoms with van der Waals surface area (Å²) >= 11 is 3.01. The summed E-state index contributed by atoms with van der Waals surface area (Å²) < 4.78 is 11.1. The minimum absolute atomic E-state index is 0.133. The summed E-state index contributed by atoms with van der Waals surface area (Å²) in [5.41, 5.74) is 5.20. The van der Waals surface area contributed by atoms with Gasteiger partial charge in [-0.1, -0.05) is 81.1 Å². The first kappa shape index (κ1) is 41.5. The number of morpholine rings is 1. The van der Waals surface area contributed by atoms with Crippen molar-refractivity contribution in [2.75, 3.05) is 39.9 Å². The highest BCUT2D eigenvalue weighted by molar-refractivity contribution is 7.09. The molecule has 0 bridgehead atoms. The lowest BCUT2D eigenvalue weighted by molar-refractivity contribution is -0.123. The molecule has 294 valence electrons. The topological polar surface area (TPSA) is 138 Å². The molecule has 0 spiro atoms. The molecular formula is C41H53N7O5S2. The van der Waals surface area contributed by atoms with Crippen molar-refractivity contribution in [2.24, 2.45) is 0 Å². The van der Waals surface area contributed by atoms with Crippen LogP contribution in [0.2, 0.25) is 0 Å². The van der Waals surface area contributed by atoms with Crippen molar-refractivity contribution >= 4 is 46.3 Å². The Hall–Kier alpha value is -4.63. The lowest BCUT2D eigenvalue weighted by atomic mass is 9.92. The fourth-order valence-electron chi connectivity index (χ4n) is 6.25. The number of nitrogens with one attached hydrogen (secondary N) is 3. The maximum atomic E-state index is 14.3. The molecule has 1 fully saturated rings. The molecule has 2 aromatic carbocycles. The van der Waals surface area contributed by atoms with Gasteiger partial charge in [-0.25, -0.2) is 14.6 Å². The van der Waals surface area contributed by atoms with Crippen LogP contribution in [0.1, 0.15) is 65.7 Å². The van der Waals surface area contributed by atoms with Crippen LogP contribution in [-0.4, -0.2) is 95.8 Å². The zero-order valence-corrected chi connectivity index (χ0v) is 33.6. The van der Waals surface area contributed by atoms with Crippen LogP contribution in [0, 0.1) is 0 Å². The van der Waals surface area contributed by atoms with Crippen molar-refractivity contribution in [1.82, 2.24) is 35.7 Å². The van der Waals surface area contributed by atoms with Gasteiger partial charge in [-0.2, -0.15) is 0 Å². The molecule has 14 heteroatoms. The largest absolute Gasteiger partial charge is 0.444 e. The van der Waals surface area contributed by atoms with Crippen LogP contribution in [0.4, 0.5) is 9.59 Å². The van der Waals surface area contributed by atoms with Crippen LogP contribution >= 0.6 is 22.7 Å². The van der Waals surface area contributed by atoms with Crippen molar-refractivity contribution in [3.8, 4) is 0 Å². The van der Waals surface area contributed by atoms with Gasteiger partial charge in [0.15, 0.2) is 0 Å². The molecule has 3 N–H and O–H groups in total. The highest BCUT2D eigenvalue weighted by atomic mass is 32.1. The van der Waals surface area contributed by atoms with Crippen molar-refractivity contribution in [3.05, 3.63) is 111 Å². The van der Waals surface area contributed by atoms with Gasteiger partial charge in [-0.3, -0.25) is 14.7 Å². The Morgan fingerprint density at radius 3 is 2.35 bits per heavy atom. The van der Waals surface area contributed by atoms with Crippen LogP contribution < -0.4 is 16.0 Å². The number of hydrogen-bond donors (Lipinski definition) is 3. The summed E-state index contributed by atoms with van der Waals surface area (Å²) in [4.78, 5) is 54.4. The van der Waals surface area contributed by atoms with Gasteiger partial charge < -0.3 is 30.3 Å². The van der Waals surface area contributed by atoms with Gasteiger partial charge in [-0.05, 0) is 42.4 Å². The van der Waals surface area contributed by atoms with Crippen molar-refractivity contribution < 1.29 is 23.9 Å². The lowest BCUT2D eigenvalue weighted by Crippen LogP contribution is -2.53. The molecule has 2 aromatic heterocycles. The summed E-state index contributed by atoms with van der Waals surface area (Å²) in [5.74, 6) is 0.00139. The molecule has 0 saturated carbocycles. The summed E-state index contributed by atoms with van der Waals surface area (Å²) in [6, 6.07) is 17.7. The van der Waals surface area contributed by atoms with Crippen LogP contribution in [-0.2, 0) is 33.8 Å². The van der Waals surface area contributed by atoms with E-state index in [1.54, 1.807) is 35.0 Å². The Morgan fingerprint density at radius 2 is 1.67 bits per heavy atom. The van der Waals surface area contributed by atoms with E-state index >= 15 is 0 Å². The van der Waals surface area contributed by atoms with E-state index in [0.29, 0.717) is 57.9 Å². The molecule has 4 aromatic rings. The second-order valence-corrected chi connectivity index (χ2v) is 15.9. The monoisotopic (exact) mass is 787 g/mol. The van der Waals surface area contributed by atoms with Gasteiger partial charge in [0.2, 0.25) is 5.91 Å². The predicted octanol–water partition coefficient (Wildman–Crippen LogP) is 6.47. The molecule has 12 nitrogen and oxygen atoms in total. The van der Waals surface area contributed by atoms with E-state index in [-0.39, 0.29) is 24.6 Å². The van der Waals surface area contributed by atoms with Gasteiger partial charge in [-0.15, -0.1) is 22.7 Å². The van der Waals surface area contributed by atoms with Gasteiger partial charge in [0.1, 0.15) is 12.6 Å². The van der Waals surface area contributed by atoms with Gasteiger partial charge in [0, 0.05) is 50.2 Å². The Labute approximate surface area is 332 Å². The van der Waals surface area contributed by atoms with E-state index in [9.17, 15) is 14.4 Å². The number of carbonyl (C=O) groups is 3. The molecule has 4 amide bonds. The fourth-order valence-corrected chi connectivity index (χ4v) is 7.58. The van der Waals surface area contributed by atoms with E-state index in [2.05, 4.69) is 51.2 Å². The number of rotatable bonds is 19. The zero-order valence-electron chi connectivity index (χ0n) is 31.9. The molecule has 1 aliphatic rings. The average Bonchev–Trinajstić information content (AvgIpc) is 3.91. The van der Waals surface area contributed by atoms with E-state index < -0.39 is 18.2 Å². The van der Waals surface area contributed by atoms with Gasteiger partial charge in [0.25, 0.3) is 0 Å². The maximum absolute atomic E-state index is 14.3. The van der Waals surface area contributed by atoms with Crippen LogP contribution in [0.3, 0.4) is 0 Å². The first-order valence-corrected chi connectivity index (χ1v) is 20.6. The first-order valence-electron chi connectivity index (χ1n) is 18.8. The summed E-state index contributed by atoms with van der Waals surface area (Å²) in [6.45, 7) is 12.5. The molecule has 0 aliphatic carbocycles. The van der Waals surface area contributed by atoms with Gasteiger partial charge in [0.05, 0.1) is 46.9 Å². The third kappa shape index (κ3) is 13.6. The number of thiazole rings is 2. The molecule has 3 heterocycles. The number of nitrogens with zero attached hydrogens (tertiary/aromatic N) is 4. The number of amides is 4. The van der Waals surface area contributed by atoms with Crippen LogP contribution in [0.5, 0.6) is 0 Å². The van der Waals surface area contributed by atoms with Crippen molar-refractivity contribution in [1.29, 1.82) is 0 Å². The van der Waals surface area contributed by atoms with Gasteiger partial charge >= 0.3 is 12.1 Å². The molecule has 5 rings (SSSR count). The number of carbonyl (C=O) groups excluding carboxylic acids is 3. The molecule has 0 unspecified atom stereocenters.